The molecule has 0 saturated heterocycles. The Kier molecular flexibility index (Phi) is 4.54. The zero-order chi connectivity index (χ0) is 16.1. The van der Waals surface area contributed by atoms with E-state index >= 15 is 0 Å². The van der Waals surface area contributed by atoms with Crippen LogP contribution in [0.2, 0.25) is 0 Å². The largest absolute Gasteiger partial charge is 0.192 e. The van der Waals surface area contributed by atoms with Gasteiger partial charge in [-0.3, -0.25) is 0 Å². The molecule has 1 nitrogen and oxygen atoms in total. The molecule has 0 aromatic heterocycles. The molecule has 0 spiro atoms. The number of aryl methyl sites for hydroxylation is 1. The highest BCUT2D eigenvalue weighted by Crippen LogP contribution is 2.28. The molecule has 0 saturated carbocycles. The second-order valence-corrected chi connectivity index (χ2v) is 5.73. The third-order valence-electron chi connectivity index (χ3n) is 3.96. The number of nitriles is 1. The average molecular weight is 297 g/mol. The Hall–Kier alpha value is -2.85. The molecular weight excluding hydrogens is 278 g/mol. The van der Waals surface area contributed by atoms with Crippen LogP contribution in [0.25, 0.3) is 22.3 Å². The maximum atomic E-state index is 9.28. The molecule has 0 amide bonds. The minimum Gasteiger partial charge on any atom is -0.192 e. The third kappa shape index (κ3) is 3.49. The van der Waals surface area contributed by atoms with E-state index in [1.165, 1.54) is 16.7 Å². The van der Waals surface area contributed by atoms with E-state index in [-0.39, 0.29) is 0 Å². The molecule has 3 rings (SSSR count). The minimum atomic E-state index is 0.732. The lowest BCUT2D eigenvalue weighted by Crippen LogP contribution is -1.89. The van der Waals surface area contributed by atoms with Gasteiger partial charge < -0.3 is 0 Å². The van der Waals surface area contributed by atoms with Gasteiger partial charge in [0.1, 0.15) is 0 Å². The number of rotatable bonds is 4. The lowest BCUT2D eigenvalue weighted by molar-refractivity contribution is 0.921. The Labute approximate surface area is 137 Å². The van der Waals surface area contributed by atoms with Gasteiger partial charge in [-0.2, -0.15) is 5.26 Å². The van der Waals surface area contributed by atoms with Crippen LogP contribution in [0, 0.1) is 11.3 Å². The monoisotopic (exact) mass is 297 g/mol. The number of benzene rings is 3. The molecule has 3 aromatic rings. The SMILES string of the molecule is CCCc1cc(C#N)cc(-c2cccc(-c3ccccc3)c2)c1. The van der Waals surface area contributed by atoms with Gasteiger partial charge in [0.25, 0.3) is 0 Å². The van der Waals surface area contributed by atoms with Crippen molar-refractivity contribution in [2.45, 2.75) is 19.8 Å². The molecule has 3 aromatic carbocycles. The normalized spacial score (nSPS) is 10.3. The maximum absolute atomic E-state index is 9.28. The van der Waals surface area contributed by atoms with Crippen LogP contribution in [0.5, 0.6) is 0 Å². The summed E-state index contributed by atoms with van der Waals surface area (Å²) in [6, 6.07) is 27.3. The Bertz CT molecular complexity index is 841. The third-order valence-corrected chi connectivity index (χ3v) is 3.96. The number of nitrogens with zero attached hydrogens (tertiary/aromatic N) is 1. The molecule has 1 heteroatoms. The van der Waals surface area contributed by atoms with Gasteiger partial charge in [-0.1, -0.05) is 67.9 Å². The predicted octanol–water partition coefficient (Wildman–Crippen LogP) is 5.84. The van der Waals surface area contributed by atoms with Crippen LogP contribution in [0.3, 0.4) is 0 Å². The van der Waals surface area contributed by atoms with Crippen molar-refractivity contribution < 1.29 is 0 Å². The summed E-state index contributed by atoms with van der Waals surface area (Å²) in [4.78, 5) is 0. The van der Waals surface area contributed by atoms with Crippen LogP contribution >= 0.6 is 0 Å². The first-order valence-electron chi connectivity index (χ1n) is 8.00. The van der Waals surface area contributed by atoms with Crippen molar-refractivity contribution in [3.8, 4) is 28.3 Å². The second kappa shape index (κ2) is 6.94. The van der Waals surface area contributed by atoms with Crippen LogP contribution in [-0.2, 0) is 6.42 Å². The van der Waals surface area contributed by atoms with E-state index in [2.05, 4.69) is 67.6 Å². The standard InChI is InChI=1S/C22H19N/c1-2-7-17-12-18(16-23)14-22(13-17)21-11-6-10-20(15-21)19-8-4-3-5-9-19/h3-6,8-15H,2,7H2,1H3. The van der Waals surface area contributed by atoms with Crippen LogP contribution < -0.4 is 0 Å². The van der Waals surface area contributed by atoms with E-state index < -0.39 is 0 Å². The summed E-state index contributed by atoms with van der Waals surface area (Å²) in [5.41, 5.74) is 6.64. The van der Waals surface area contributed by atoms with Crippen molar-refractivity contribution >= 4 is 0 Å². The van der Waals surface area contributed by atoms with E-state index in [0.717, 1.165) is 29.5 Å². The van der Waals surface area contributed by atoms with Gasteiger partial charge in [0.2, 0.25) is 0 Å². The Morgan fingerprint density at radius 1 is 0.739 bits per heavy atom. The number of hydrogen-bond acceptors (Lipinski definition) is 1. The van der Waals surface area contributed by atoms with Crippen molar-refractivity contribution in [3.05, 3.63) is 83.9 Å². The summed E-state index contributed by atoms with van der Waals surface area (Å²) in [7, 11) is 0. The quantitative estimate of drug-likeness (QED) is 0.593. The summed E-state index contributed by atoms with van der Waals surface area (Å²) >= 11 is 0. The van der Waals surface area contributed by atoms with Crippen molar-refractivity contribution in [1.82, 2.24) is 0 Å². The van der Waals surface area contributed by atoms with Crippen LogP contribution in [0.15, 0.2) is 72.8 Å². The van der Waals surface area contributed by atoms with E-state index in [1.807, 2.05) is 18.2 Å². The van der Waals surface area contributed by atoms with Gasteiger partial charge in [0.05, 0.1) is 11.6 Å². The van der Waals surface area contributed by atoms with Crippen molar-refractivity contribution in [3.63, 3.8) is 0 Å². The van der Waals surface area contributed by atoms with Crippen LogP contribution in [-0.4, -0.2) is 0 Å². The molecule has 0 bridgehead atoms. The highest BCUT2D eigenvalue weighted by molar-refractivity contribution is 5.74. The first-order chi connectivity index (χ1) is 11.3. The topological polar surface area (TPSA) is 23.8 Å². The van der Waals surface area contributed by atoms with Crippen molar-refractivity contribution in [2.24, 2.45) is 0 Å². The zero-order valence-corrected chi connectivity index (χ0v) is 13.3. The lowest BCUT2D eigenvalue weighted by atomic mass is 9.95. The van der Waals surface area contributed by atoms with E-state index in [0.29, 0.717) is 0 Å². The van der Waals surface area contributed by atoms with E-state index in [9.17, 15) is 5.26 Å². The van der Waals surface area contributed by atoms with Crippen molar-refractivity contribution in [1.29, 1.82) is 5.26 Å². The fourth-order valence-electron chi connectivity index (χ4n) is 2.87. The molecule has 0 unspecified atom stereocenters. The molecule has 0 heterocycles. The van der Waals surface area contributed by atoms with E-state index in [4.69, 9.17) is 0 Å². The summed E-state index contributed by atoms with van der Waals surface area (Å²) in [5, 5.41) is 9.28. The molecule has 0 atom stereocenters. The summed E-state index contributed by atoms with van der Waals surface area (Å²) < 4.78 is 0. The lowest BCUT2D eigenvalue weighted by Gasteiger charge is -2.09. The highest BCUT2D eigenvalue weighted by atomic mass is 14.2. The van der Waals surface area contributed by atoms with Crippen LogP contribution in [0.4, 0.5) is 0 Å². The van der Waals surface area contributed by atoms with Gasteiger partial charge in [-0.25, -0.2) is 0 Å². The first kappa shape index (κ1) is 15.1. The van der Waals surface area contributed by atoms with Crippen molar-refractivity contribution in [2.75, 3.05) is 0 Å². The predicted molar refractivity (Wildman–Crippen MR) is 96.0 cm³/mol. The van der Waals surface area contributed by atoms with Gasteiger partial charge in [0, 0.05) is 0 Å². The summed E-state index contributed by atoms with van der Waals surface area (Å²) in [6.07, 6.45) is 2.08. The molecule has 0 aliphatic rings. The maximum Gasteiger partial charge on any atom is 0.0991 e. The fraction of sp³-hybridized carbons (Fsp3) is 0.136. The zero-order valence-electron chi connectivity index (χ0n) is 13.3. The molecule has 0 fully saturated rings. The molecule has 0 aliphatic carbocycles. The summed E-state index contributed by atoms with van der Waals surface area (Å²) in [6.45, 7) is 2.16. The van der Waals surface area contributed by atoms with E-state index in [1.54, 1.807) is 0 Å². The minimum absolute atomic E-state index is 0.732. The Balaban J connectivity index is 2.05. The second-order valence-electron chi connectivity index (χ2n) is 5.73. The van der Waals surface area contributed by atoms with Crippen LogP contribution in [0.1, 0.15) is 24.5 Å². The molecule has 112 valence electrons. The average Bonchev–Trinajstić information content (AvgIpc) is 2.62. The Morgan fingerprint density at radius 2 is 1.43 bits per heavy atom. The number of hydrogen-bond donors (Lipinski definition) is 0. The molecule has 0 aliphatic heterocycles. The fourth-order valence-corrected chi connectivity index (χ4v) is 2.87. The van der Waals surface area contributed by atoms with Gasteiger partial charge >= 0.3 is 0 Å². The first-order valence-corrected chi connectivity index (χ1v) is 8.00. The Morgan fingerprint density at radius 3 is 2.13 bits per heavy atom. The smallest absolute Gasteiger partial charge is 0.0991 e. The molecule has 23 heavy (non-hydrogen) atoms. The highest BCUT2D eigenvalue weighted by Gasteiger charge is 2.05. The molecule has 0 radical (unpaired) electrons. The molecule has 0 N–H and O–H groups in total. The van der Waals surface area contributed by atoms with Gasteiger partial charge in [0.15, 0.2) is 0 Å². The van der Waals surface area contributed by atoms with Gasteiger partial charge in [-0.05, 0) is 52.4 Å². The summed E-state index contributed by atoms with van der Waals surface area (Å²) in [5.74, 6) is 0. The van der Waals surface area contributed by atoms with Gasteiger partial charge in [-0.15, -0.1) is 0 Å². The molecular formula is C22H19N.